The molecule has 10 heteroatoms. The predicted molar refractivity (Wildman–Crippen MR) is 106 cm³/mol. The summed E-state index contributed by atoms with van der Waals surface area (Å²) in [5.74, 6) is 0.153. The first-order chi connectivity index (χ1) is 13.4. The molecule has 8 nitrogen and oxygen atoms in total. The van der Waals surface area contributed by atoms with Crippen molar-refractivity contribution in [3.05, 3.63) is 76.3 Å². The highest BCUT2D eigenvalue weighted by atomic mass is 32.2. The maximum absolute atomic E-state index is 12.5. The molecule has 0 bridgehead atoms. The molecule has 1 amide bonds. The average Bonchev–Trinajstić information content (AvgIpc) is 3.03. The van der Waals surface area contributed by atoms with E-state index in [0.717, 1.165) is 5.56 Å². The monoisotopic (exact) mass is 417 g/mol. The molecule has 0 saturated carbocycles. The smallest absolute Gasteiger partial charge is 0.251 e. The summed E-state index contributed by atoms with van der Waals surface area (Å²) < 4.78 is 29.7. The predicted octanol–water partition coefficient (Wildman–Crippen LogP) is 1.89. The van der Waals surface area contributed by atoms with Crippen LogP contribution in [-0.4, -0.2) is 29.1 Å². The number of hydrogen-bond donors (Lipinski definition) is 3. The van der Waals surface area contributed by atoms with Gasteiger partial charge in [-0.3, -0.25) is 9.89 Å². The van der Waals surface area contributed by atoms with Crippen molar-refractivity contribution in [2.45, 2.75) is 18.0 Å². The Kier molecular flexibility index (Phi) is 6.02. The van der Waals surface area contributed by atoms with E-state index in [9.17, 15) is 13.2 Å². The van der Waals surface area contributed by atoms with Gasteiger partial charge in [0, 0.05) is 19.2 Å². The van der Waals surface area contributed by atoms with E-state index in [2.05, 4.69) is 20.2 Å². The van der Waals surface area contributed by atoms with Crippen LogP contribution in [0.1, 0.15) is 21.7 Å². The Morgan fingerprint density at radius 1 is 1.14 bits per heavy atom. The molecular formula is C18H19N5O3S2. The molecule has 3 aromatic rings. The van der Waals surface area contributed by atoms with Crippen molar-refractivity contribution in [2.24, 2.45) is 7.05 Å². The number of nitrogens with zero attached hydrogens (tertiary/aromatic N) is 2. The number of H-pyrrole nitrogens is 1. The molecule has 0 aliphatic carbocycles. The van der Waals surface area contributed by atoms with Crippen molar-refractivity contribution in [2.75, 3.05) is 0 Å². The van der Waals surface area contributed by atoms with Gasteiger partial charge >= 0.3 is 0 Å². The molecule has 2 aromatic carbocycles. The first kappa shape index (κ1) is 19.9. The zero-order valence-corrected chi connectivity index (χ0v) is 16.7. The summed E-state index contributed by atoms with van der Waals surface area (Å²) in [6.45, 7) is 0.324. The minimum absolute atomic E-state index is 0.0225. The average molecular weight is 418 g/mol. The third-order valence-corrected chi connectivity index (χ3v) is 5.86. The van der Waals surface area contributed by atoms with Gasteiger partial charge in [0.25, 0.3) is 5.91 Å². The lowest BCUT2D eigenvalue weighted by Crippen LogP contribution is -2.26. The highest BCUT2D eigenvalue weighted by Gasteiger charge is 2.16. The number of nitrogens with one attached hydrogen (secondary N) is 3. The number of amides is 1. The molecule has 0 atom stereocenters. The number of sulfonamides is 1. The van der Waals surface area contributed by atoms with Crippen molar-refractivity contribution in [3.8, 4) is 0 Å². The topological polar surface area (TPSA) is 109 Å². The lowest BCUT2D eigenvalue weighted by atomic mass is 10.2. The van der Waals surface area contributed by atoms with Crippen LogP contribution in [0.15, 0.2) is 59.5 Å². The maximum Gasteiger partial charge on any atom is 0.251 e. The zero-order valence-electron chi connectivity index (χ0n) is 15.0. The Balaban J connectivity index is 1.69. The fourth-order valence-corrected chi connectivity index (χ4v) is 3.68. The van der Waals surface area contributed by atoms with Crippen LogP contribution in [-0.2, 0) is 30.2 Å². The van der Waals surface area contributed by atoms with Gasteiger partial charge in [0.2, 0.25) is 10.0 Å². The minimum atomic E-state index is -3.75. The largest absolute Gasteiger partial charge is 0.345 e. The van der Waals surface area contributed by atoms with Crippen LogP contribution in [0.5, 0.6) is 0 Å². The van der Waals surface area contributed by atoms with Crippen LogP contribution >= 0.6 is 12.2 Å². The van der Waals surface area contributed by atoms with Crippen molar-refractivity contribution < 1.29 is 13.2 Å². The third kappa shape index (κ3) is 4.71. The number of benzene rings is 2. The summed E-state index contributed by atoms with van der Waals surface area (Å²) in [4.78, 5) is 12.4. The number of carbonyl (C=O) groups is 1. The number of aromatic amines is 1. The van der Waals surface area contributed by atoms with Gasteiger partial charge in [-0.2, -0.15) is 5.10 Å². The fourth-order valence-electron chi connectivity index (χ4n) is 2.46. The molecule has 1 aromatic heterocycles. The lowest BCUT2D eigenvalue weighted by Gasteiger charge is -2.09. The Morgan fingerprint density at radius 3 is 2.57 bits per heavy atom. The lowest BCUT2D eigenvalue weighted by molar-refractivity contribution is 0.0949. The minimum Gasteiger partial charge on any atom is -0.345 e. The van der Waals surface area contributed by atoms with Crippen molar-refractivity contribution in [1.82, 2.24) is 24.8 Å². The van der Waals surface area contributed by atoms with Crippen molar-refractivity contribution >= 4 is 28.1 Å². The SMILES string of the molecule is Cn1c(CNC(=O)c2cccc(S(=O)(=O)NCc3ccccc3)c2)n[nH]c1=S. The molecule has 3 rings (SSSR count). The molecule has 3 N–H and O–H groups in total. The number of carbonyl (C=O) groups excluding carboxylic acids is 1. The Morgan fingerprint density at radius 2 is 1.89 bits per heavy atom. The molecule has 1 heterocycles. The van der Waals surface area contributed by atoms with E-state index in [-0.39, 0.29) is 23.5 Å². The summed E-state index contributed by atoms with van der Waals surface area (Å²) in [6, 6.07) is 15.1. The summed E-state index contributed by atoms with van der Waals surface area (Å²) in [5, 5.41) is 9.35. The van der Waals surface area contributed by atoms with Crippen LogP contribution < -0.4 is 10.0 Å². The molecule has 0 fully saturated rings. The number of aromatic nitrogens is 3. The summed E-state index contributed by atoms with van der Waals surface area (Å²) >= 11 is 5.02. The Hall–Kier alpha value is -2.82. The summed E-state index contributed by atoms with van der Waals surface area (Å²) in [5.41, 5.74) is 1.08. The quantitative estimate of drug-likeness (QED) is 0.509. The van der Waals surface area contributed by atoms with Gasteiger partial charge in [-0.1, -0.05) is 36.4 Å². The standard InChI is InChI=1S/C18H19N5O3S2/c1-23-16(21-22-18(23)27)12-19-17(24)14-8-5-9-15(10-14)28(25,26)20-11-13-6-3-2-4-7-13/h2-10,20H,11-12H2,1H3,(H,19,24)(H,22,27). The van der Waals surface area contributed by atoms with Gasteiger partial charge in [0.1, 0.15) is 0 Å². The molecular weight excluding hydrogens is 398 g/mol. The van der Waals surface area contributed by atoms with E-state index in [0.29, 0.717) is 10.6 Å². The Bertz CT molecular complexity index is 1140. The summed E-state index contributed by atoms with van der Waals surface area (Å²) in [7, 11) is -2.02. The van der Waals surface area contributed by atoms with Crippen molar-refractivity contribution in [3.63, 3.8) is 0 Å². The van der Waals surface area contributed by atoms with E-state index in [1.165, 1.54) is 18.2 Å². The number of rotatable bonds is 7. The number of hydrogen-bond acceptors (Lipinski definition) is 5. The van der Waals surface area contributed by atoms with Gasteiger partial charge in [-0.15, -0.1) is 0 Å². The van der Waals surface area contributed by atoms with E-state index in [1.807, 2.05) is 30.3 Å². The van der Waals surface area contributed by atoms with Gasteiger partial charge in [0.15, 0.2) is 10.6 Å². The molecule has 0 spiro atoms. The van der Waals surface area contributed by atoms with Crippen molar-refractivity contribution in [1.29, 1.82) is 0 Å². The van der Waals surface area contributed by atoms with E-state index in [4.69, 9.17) is 12.2 Å². The van der Waals surface area contributed by atoms with Gasteiger partial charge < -0.3 is 9.88 Å². The Labute approximate surface area is 167 Å². The molecule has 0 unspecified atom stereocenters. The second kappa shape index (κ2) is 8.46. The van der Waals surface area contributed by atoms with E-state index >= 15 is 0 Å². The highest BCUT2D eigenvalue weighted by Crippen LogP contribution is 2.12. The van der Waals surface area contributed by atoms with E-state index < -0.39 is 15.9 Å². The highest BCUT2D eigenvalue weighted by molar-refractivity contribution is 7.89. The van der Waals surface area contributed by atoms with Crippen LogP contribution in [0, 0.1) is 4.77 Å². The van der Waals surface area contributed by atoms with Crippen LogP contribution in [0.3, 0.4) is 0 Å². The molecule has 28 heavy (non-hydrogen) atoms. The maximum atomic E-state index is 12.5. The van der Waals surface area contributed by atoms with Gasteiger partial charge in [-0.05, 0) is 36.0 Å². The van der Waals surface area contributed by atoms with Crippen LogP contribution in [0.2, 0.25) is 0 Å². The van der Waals surface area contributed by atoms with Gasteiger partial charge in [-0.25, -0.2) is 13.1 Å². The second-order valence-corrected chi connectivity index (χ2v) is 8.18. The second-order valence-electron chi connectivity index (χ2n) is 6.02. The molecule has 0 aliphatic rings. The van der Waals surface area contributed by atoms with Crippen LogP contribution in [0.25, 0.3) is 0 Å². The third-order valence-electron chi connectivity index (χ3n) is 4.10. The first-order valence-electron chi connectivity index (χ1n) is 8.39. The fraction of sp³-hybridized carbons (Fsp3) is 0.167. The molecule has 0 radical (unpaired) electrons. The zero-order chi connectivity index (χ0) is 20.1. The first-order valence-corrected chi connectivity index (χ1v) is 10.3. The molecule has 0 saturated heterocycles. The molecule has 146 valence electrons. The normalized spacial score (nSPS) is 11.3. The van der Waals surface area contributed by atoms with E-state index in [1.54, 1.807) is 17.7 Å². The summed E-state index contributed by atoms with van der Waals surface area (Å²) in [6.07, 6.45) is 0. The van der Waals surface area contributed by atoms with Crippen LogP contribution in [0.4, 0.5) is 0 Å². The molecule has 0 aliphatic heterocycles. The van der Waals surface area contributed by atoms with Gasteiger partial charge in [0.05, 0.1) is 11.4 Å².